The molecule has 216 valence electrons. The van der Waals surface area contributed by atoms with Gasteiger partial charge in [-0.15, -0.1) is 0 Å². The van der Waals surface area contributed by atoms with Gasteiger partial charge in [-0.1, -0.05) is 62.7 Å². The van der Waals surface area contributed by atoms with Crippen LogP contribution in [-0.4, -0.2) is 29.1 Å². The molecule has 0 aromatic carbocycles. The second-order valence-corrected chi connectivity index (χ2v) is 16.5. The van der Waals surface area contributed by atoms with Gasteiger partial charge < -0.3 is 9.84 Å². The second-order valence-electron chi connectivity index (χ2n) is 15.7. The van der Waals surface area contributed by atoms with Gasteiger partial charge in [0.2, 0.25) is 0 Å². The highest BCUT2D eigenvalue weighted by Crippen LogP contribution is 2.77. The number of esters is 1. The van der Waals surface area contributed by atoms with Crippen molar-refractivity contribution in [2.45, 2.75) is 125 Å². The van der Waals surface area contributed by atoms with Crippen molar-refractivity contribution >= 4 is 21.9 Å². The van der Waals surface area contributed by atoms with Gasteiger partial charge in [0.15, 0.2) is 0 Å². The van der Waals surface area contributed by atoms with Crippen molar-refractivity contribution in [2.75, 3.05) is 11.9 Å². The van der Waals surface area contributed by atoms with Crippen LogP contribution in [0.4, 0.5) is 0 Å². The average molecular weight is 592 g/mol. The summed E-state index contributed by atoms with van der Waals surface area (Å²) in [4.78, 5) is 13.9. The van der Waals surface area contributed by atoms with E-state index in [4.69, 9.17) is 4.74 Å². The van der Waals surface area contributed by atoms with Gasteiger partial charge in [0, 0.05) is 5.33 Å². The Labute approximate surface area is 241 Å². The molecular weight excluding hydrogens is 536 g/mol. The molecule has 38 heavy (non-hydrogen) atoms. The number of fused-ring (bicyclic) bond motifs is 7. The molecule has 0 saturated heterocycles. The minimum Gasteiger partial charge on any atom is -0.465 e. The minimum absolute atomic E-state index is 0.0110. The number of aliphatic hydroxyl groups excluding tert-OH is 1. The molecule has 0 aromatic heterocycles. The molecule has 5 fully saturated rings. The predicted molar refractivity (Wildman–Crippen MR) is 159 cm³/mol. The molecule has 0 aliphatic heterocycles. The Balaban J connectivity index is 1.49. The first-order valence-corrected chi connectivity index (χ1v) is 17.0. The molecule has 10 unspecified atom stereocenters. The van der Waals surface area contributed by atoms with Gasteiger partial charge in [0.1, 0.15) is 0 Å². The van der Waals surface area contributed by atoms with E-state index >= 15 is 0 Å². The maximum absolute atomic E-state index is 13.9. The van der Waals surface area contributed by atoms with Crippen molar-refractivity contribution in [3.8, 4) is 0 Å². The number of hydrogen-bond acceptors (Lipinski definition) is 3. The van der Waals surface area contributed by atoms with Crippen LogP contribution < -0.4 is 0 Å². The van der Waals surface area contributed by atoms with E-state index in [1.54, 1.807) is 0 Å². The lowest BCUT2D eigenvalue weighted by atomic mass is 9.32. The summed E-state index contributed by atoms with van der Waals surface area (Å²) < 4.78 is 6.07. The van der Waals surface area contributed by atoms with Crippen molar-refractivity contribution in [3.05, 3.63) is 12.2 Å². The Bertz CT molecular complexity index is 944. The first-order valence-electron chi connectivity index (χ1n) is 15.9. The second kappa shape index (κ2) is 9.88. The highest BCUT2D eigenvalue weighted by atomic mass is 79.9. The lowest BCUT2D eigenvalue weighted by Gasteiger charge is -2.72. The van der Waals surface area contributed by atoms with E-state index < -0.39 is 0 Å². The zero-order chi connectivity index (χ0) is 27.7. The van der Waals surface area contributed by atoms with E-state index in [9.17, 15) is 9.90 Å². The molecule has 4 heteroatoms. The monoisotopic (exact) mass is 590 g/mol. The molecular formula is C34H55BrO3. The fourth-order valence-electron chi connectivity index (χ4n) is 12.0. The highest BCUT2D eigenvalue weighted by molar-refractivity contribution is 9.09. The van der Waals surface area contributed by atoms with E-state index in [0.29, 0.717) is 36.2 Å². The van der Waals surface area contributed by atoms with Crippen molar-refractivity contribution in [1.29, 1.82) is 0 Å². The lowest BCUT2D eigenvalue weighted by Crippen LogP contribution is -2.67. The smallest absolute Gasteiger partial charge is 0.312 e. The number of carbonyl (C=O) groups is 1. The summed E-state index contributed by atoms with van der Waals surface area (Å²) in [6.07, 6.45) is 13.1. The molecule has 5 aliphatic carbocycles. The summed E-state index contributed by atoms with van der Waals surface area (Å²) in [7, 11) is 0. The minimum atomic E-state index is -0.316. The number of aliphatic hydroxyl groups is 1. The fourth-order valence-corrected chi connectivity index (χ4v) is 12.4. The summed E-state index contributed by atoms with van der Waals surface area (Å²) in [5.41, 5.74) is 1.74. The summed E-state index contributed by atoms with van der Waals surface area (Å²) in [5, 5.41) is 12.0. The number of hydrogen-bond donors (Lipinski definition) is 1. The zero-order valence-electron chi connectivity index (χ0n) is 25.2. The molecule has 5 rings (SSSR count). The van der Waals surface area contributed by atoms with Crippen LogP contribution in [0.15, 0.2) is 12.2 Å². The maximum Gasteiger partial charge on any atom is 0.312 e. The van der Waals surface area contributed by atoms with Crippen molar-refractivity contribution in [3.63, 3.8) is 0 Å². The van der Waals surface area contributed by atoms with Crippen molar-refractivity contribution < 1.29 is 14.6 Å². The quantitative estimate of drug-likeness (QED) is 0.145. The molecule has 0 amide bonds. The van der Waals surface area contributed by atoms with E-state index in [2.05, 4.69) is 64.1 Å². The summed E-state index contributed by atoms with van der Waals surface area (Å²) in [6.45, 7) is 19.8. The standard InChI is InChI=1S/C34H55BrO3/c1-22(2)23-12-17-34(29(37)38-21-9-8-20-35)19-18-32(6)24(28(23)34)10-11-26-31(5)15-14-27(36)30(3,4)25(31)13-16-33(26,32)7/h23-28,36H,1,8-21H2,2-7H3. The van der Waals surface area contributed by atoms with E-state index in [0.717, 1.165) is 56.7 Å². The van der Waals surface area contributed by atoms with Crippen LogP contribution in [0, 0.1) is 56.7 Å². The molecule has 0 bridgehead atoms. The van der Waals surface area contributed by atoms with E-state index in [1.807, 2.05) is 0 Å². The first-order chi connectivity index (χ1) is 17.8. The Hall–Kier alpha value is -0.350. The summed E-state index contributed by atoms with van der Waals surface area (Å²) >= 11 is 3.51. The first kappa shape index (κ1) is 29.2. The van der Waals surface area contributed by atoms with Crippen LogP contribution in [0.3, 0.4) is 0 Å². The molecule has 0 radical (unpaired) electrons. The van der Waals surface area contributed by atoms with Gasteiger partial charge in [0.25, 0.3) is 0 Å². The Morgan fingerprint density at radius 2 is 1.63 bits per heavy atom. The Morgan fingerprint density at radius 3 is 2.32 bits per heavy atom. The summed E-state index contributed by atoms with van der Waals surface area (Å²) in [5.74, 6) is 2.74. The van der Waals surface area contributed by atoms with Gasteiger partial charge >= 0.3 is 5.97 Å². The van der Waals surface area contributed by atoms with Gasteiger partial charge in [-0.2, -0.15) is 0 Å². The number of halogens is 1. The topological polar surface area (TPSA) is 46.5 Å². The van der Waals surface area contributed by atoms with Crippen LogP contribution in [0.1, 0.15) is 119 Å². The normalized spacial score (nSPS) is 49.3. The van der Waals surface area contributed by atoms with Crippen LogP contribution in [-0.2, 0) is 9.53 Å². The Kier molecular flexibility index (Phi) is 7.58. The Morgan fingerprint density at radius 1 is 0.895 bits per heavy atom. The number of allylic oxidation sites excluding steroid dienone is 1. The molecule has 5 saturated carbocycles. The average Bonchev–Trinajstić information content (AvgIpc) is 3.26. The number of carbonyl (C=O) groups excluding carboxylic acids is 1. The highest BCUT2D eigenvalue weighted by Gasteiger charge is 2.72. The number of rotatable bonds is 6. The third kappa shape index (κ3) is 3.91. The van der Waals surface area contributed by atoms with Crippen molar-refractivity contribution in [2.24, 2.45) is 56.7 Å². The van der Waals surface area contributed by atoms with Gasteiger partial charge in [-0.05, 0) is 135 Å². The lowest BCUT2D eigenvalue weighted by molar-refractivity contribution is -0.248. The molecule has 0 heterocycles. The third-order valence-electron chi connectivity index (χ3n) is 14.2. The molecule has 3 nitrogen and oxygen atoms in total. The third-order valence-corrected chi connectivity index (χ3v) is 14.8. The number of alkyl halides is 1. The van der Waals surface area contributed by atoms with Crippen LogP contribution in [0.5, 0.6) is 0 Å². The van der Waals surface area contributed by atoms with E-state index in [1.165, 1.54) is 31.3 Å². The zero-order valence-corrected chi connectivity index (χ0v) is 26.8. The molecule has 0 aromatic rings. The molecule has 1 N–H and O–H groups in total. The number of unbranched alkanes of at least 4 members (excludes halogenated alkanes) is 1. The van der Waals surface area contributed by atoms with E-state index in [-0.39, 0.29) is 39.1 Å². The molecule has 10 atom stereocenters. The molecule has 5 aliphatic rings. The predicted octanol–water partition coefficient (Wildman–Crippen LogP) is 8.72. The summed E-state index contributed by atoms with van der Waals surface area (Å²) in [6, 6.07) is 0. The number of ether oxygens (including phenoxy) is 1. The van der Waals surface area contributed by atoms with Gasteiger partial charge in [0.05, 0.1) is 18.1 Å². The van der Waals surface area contributed by atoms with Crippen LogP contribution in [0.25, 0.3) is 0 Å². The van der Waals surface area contributed by atoms with Crippen LogP contribution in [0.2, 0.25) is 0 Å². The van der Waals surface area contributed by atoms with Gasteiger partial charge in [-0.25, -0.2) is 0 Å². The van der Waals surface area contributed by atoms with Crippen LogP contribution >= 0.6 is 15.9 Å². The van der Waals surface area contributed by atoms with Crippen molar-refractivity contribution in [1.82, 2.24) is 0 Å². The fraction of sp³-hybridized carbons (Fsp3) is 0.912. The molecule has 0 spiro atoms. The maximum atomic E-state index is 13.9. The SMILES string of the molecule is C=C(C)C1CCC2(C(=O)OCCCCBr)CCC3(C)C(CCC4C5(C)CCC(O)C(C)(C)C5CCC43C)C12. The largest absolute Gasteiger partial charge is 0.465 e. The van der Waals surface area contributed by atoms with Gasteiger partial charge in [-0.3, -0.25) is 4.79 Å².